The van der Waals surface area contributed by atoms with Gasteiger partial charge in [-0.3, -0.25) is 9.78 Å². The SMILES string of the molecule is Cc1nc(NCCSCc2nc[nH]c2C)[nH]c(=O)c1Cc1ccc(Cl)cc1.Cl.Cl. The van der Waals surface area contributed by atoms with Gasteiger partial charge in [-0.25, -0.2) is 9.97 Å². The first-order valence-corrected chi connectivity index (χ1v) is 10.2. The molecule has 29 heavy (non-hydrogen) atoms. The Morgan fingerprint density at radius 3 is 2.52 bits per heavy atom. The third-order valence-electron chi connectivity index (χ3n) is 4.23. The van der Waals surface area contributed by atoms with Gasteiger partial charge in [-0.05, 0) is 31.5 Å². The number of aromatic amines is 2. The molecule has 158 valence electrons. The van der Waals surface area contributed by atoms with Gasteiger partial charge in [0, 0.05) is 40.8 Å². The molecule has 0 spiro atoms. The number of thioether (sulfide) groups is 1. The maximum atomic E-state index is 12.4. The summed E-state index contributed by atoms with van der Waals surface area (Å²) in [7, 11) is 0. The van der Waals surface area contributed by atoms with E-state index in [2.05, 4.69) is 25.3 Å². The lowest BCUT2D eigenvalue weighted by Crippen LogP contribution is -2.20. The van der Waals surface area contributed by atoms with Crippen LogP contribution >= 0.6 is 48.2 Å². The number of hydrogen-bond acceptors (Lipinski definition) is 5. The van der Waals surface area contributed by atoms with E-state index in [4.69, 9.17) is 11.6 Å². The Kier molecular flexibility index (Phi) is 10.6. The number of aromatic nitrogens is 4. The molecule has 6 nitrogen and oxygen atoms in total. The summed E-state index contributed by atoms with van der Waals surface area (Å²) in [6, 6.07) is 7.50. The van der Waals surface area contributed by atoms with E-state index in [9.17, 15) is 4.79 Å². The maximum Gasteiger partial charge on any atom is 0.256 e. The highest BCUT2D eigenvalue weighted by Crippen LogP contribution is 2.14. The Balaban J connectivity index is 0.00000210. The van der Waals surface area contributed by atoms with Gasteiger partial charge in [0.15, 0.2) is 0 Å². The first-order chi connectivity index (χ1) is 13.0. The van der Waals surface area contributed by atoms with Crippen LogP contribution in [0.2, 0.25) is 5.02 Å². The van der Waals surface area contributed by atoms with E-state index in [1.54, 1.807) is 18.1 Å². The Bertz CT molecular complexity index is 959. The van der Waals surface area contributed by atoms with Crippen molar-refractivity contribution in [2.75, 3.05) is 17.6 Å². The minimum Gasteiger partial charge on any atom is -0.355 e. The molecule has 2 aromatic heterocycles. The van der Waals surface area contributed by atoms with E-state index in [0.29, 0.717) is 29.5 Å². The number of nitrogens with one attached hydrogen (secondary N) is 3. The molecule has 3 aromatic rings. The van der Waals surface area contributed by atoms with Crippen molar-refractivity contribution >= 4 is 54.1 Å². The molecule has 0 saturated heterocycles. The summed E-state index contributed by atoms with van der Waals surface area (Å²) < 4.78 is 0. The van der Waals surface area contributed by atoms with E-state index >= 15 is 0 Å². The van der Waals surface area contributed by atoms with Gasteiger partial charge in [-0.2, -0.15) is 11.8 Å². The molecule has 2 heterocycles. The van der Waals surface area contributed by atoms with Crippen LogP contribution in [0.5, 0.6) is 0 Å². The summed E-state index contributed by atoms with van der Waals surface area (Å²) in [6.07, 6.45) is 2.25. The van der Waals surface area contributed by atoms with Crippen molar-refractivity contribution in [2.24, 2.45) is 0 Å². The fraction of sp³-hybridized carbons (Fsp3) is 0.316. The van der Waals surface area contributed by atoms with Gasteiger partial charge < -0.3 is 10.3 Å². The summed E-state index contributed by atoms with van der Waals surface area (Å²) in [6.45, 7) is 4.60. The van der Waals surface area contributed by atoms with E-state index < -0.39 is 0 Å². The van der Waals surface area contributed by atoms with Crippen molar-refractivity contribution < 1.29 is 0 Å². The molecule has 0 unspecified atom stereocenters. The second kappa shape index (κ2) is 12.1. The number of benzene rings is 1. The van der Waals surface area contributed by atoms with Crippen LogP contribution in [0, 0.1) is 13.8 Å². The van der Waals surface area contributed by atoms with Crippen LogP contribution in [0.15, 0.2) is 35.4 Å². The van der Waals surface area contributed by atoms with E-state index in [1.165, 1.54) is 0 Å². The van der Waals surface area contributed by atoms with Crippen molar-refractivity contribution in [1.29, 1.82) is 0 Å². The molecule has 3 N–H and O–H groups in total. The molecule has 0 radical (unpaired) electrons. The van der Waals surface area contributed by atoms with Gasteiger partial charge in [0.2, 0.25) is 5.95 Å². The van der Waals surface area contributed by atoms with Gasteiger partial charge in [-0.1, -0.05) is 23.7 Å². The zero-order valence-corrected chi connectivity index (χ0v) is 19.3. The van der Waals surface area contributed by atoms with Crippen molar-refractivity contribution in [3.63, 3.8) is 0 Å². The molecule has 0 fully saturated rings. The quantitative estimate of drug-likeness (QED) is 0.415. The summed E-state index contributed by atoms with van der Waals surface area (Å²) in [5.74, 6) is 2.26. The average Bonchev–Trinajstić information content (AvgIpc) is 3.04. The molecule has 0 saturated carbocycles. The highest BCUT2D eigenvalue weighted by Gasteiger charge is 2.09. The predicted octanol–water partition coefficient (Wildman–Crippen LogP) is 4.54. The van der Waals surface area contributed by atoms with E-state index in [-0.39, 0.29) is 30.4 Å². The van der Waals surface area contributed by atoms with Crippen LogP contribution in [0.3, 0.4) is 0 Å². The van der Waals surface area contributed by atoms with Gasteiger partial charge in [-0.15, -0.1) is 24.8 Å². The lowest BCUT2D eigenvalue weighted by Gasteiger charge is -2.09. The molecule has 3 rings (SSSR count). The molecule has 0 bridgehead atoms. The minimum absolute atomic E-state index is 0. The van der Waals surface area contributed by atoms with Crippen molar-refractivity contribution in [3.8, 4) is 0 Å². The highest BCUT2D eigenvalue weighted by atomic mass is 35.5. The standard InChI is InChI=1S/C19H22ClN5OS.2ClH/c1-12-16(9-14-3-5-15(20)6-4-14)18(26)25-19(24-12)21-7-8-27-10-17-13(2)22-11-23-17;;/h3-6,11H,7-10H2,1-2H3,(H,22,23)(H2,21,24,25,26);2*1H. The molecule has 10 heteroatoms. The molecule has 0 amide bonds. The predicted molar refractivity (Wildman–Crippen MR) is 126 cm³/mol. The highest BCUT2D eigenvalue weighted by molar-refractivity contribution is 7.98. The van der Waals surface area contributed by atoms with Crippen LogP contribution < -0.4 is 10.9 Å². The summed E-state index contributed by atoms with van der Waals surface area (Å²) in [4.78, 5) is 27.1. The van der Waals surface area contributed by atoms with Gasteiger partial charge in [0.25, 0.3) is 5.56 Å². The molecular weight excluding hydrogens is 453 g/mol. The molecule has 0 aliphatic carbocycles. The fourth-order valence-electron chi connectivity index (χ4n) is 2.65. The number of halogens is 3. The number of aryl methyl sites for hydroxylation is 2. The molecule has 0 aliphatic rings. The van der Waals surface area contributed by atoms with Crippen LogP contribution in [-0.2, 0) is 12.2 Å². The van der Waals surface area contributed by atoms with E-state index in [1.807, 2.05) is 38.1 Å². The van der Waals surface area contributed by atoms with E-state index in [0.717, 1.165) is 34.2 Å². The first-order valence-electron chi connectivity index (χ1n) is 8.67. The Hall–Kier alpha value is -1.67. The largest absolute Gasteiger partial charge is 0.355 e. The third kappa shape index (κ3) is 7.26. The number of rotatable bonds is 8. The molecule has 0 aliphatic heterocycles. The average molecular weight is 477 g/mol. The smallest absolute Gasteiger partial charge is 0.256 e. The second-order valence-corrected chi connectivity index (χ2v) is 7.78. The summed E-state index contributed by atoms with van der Waals surface area (Å²) in [5, 5.41) is 3.87. The third-order valence-corrected chi connectivity index (χ3v) is 5.45. The van der Waals surface area contributed by atoms with Crippen molar-refractivity contribution in [3.05, 3.63) is 74.2 Å². The maximum absolute atomic E-state index is 12.4. The summed E-state index contributed by atoms with van der Waals surface area (Å²) in [5.41, 5.74) is 4.50. The number of nitrogens with zero attached hydrogens (tertiary/aromatic N) is 2. The lowest BCUT2D eigenvalue weighted by atomic mass is 10.1. The molecular formula is C19H24Cl3N5OS. The number of imidazole rings is 1. The van der Waals surface area contributed by atoms with Gasteiger partial charge in [0.1, 0.15) is 0 Å². The zero-order chi connectivity index (χ0) is 19.2. The van der Waals surface area contributed by atoms with Crippen LogP contribution in [-0.4, -0.2) is 32.2 Å². The second-order valence-electron chi connectivity index (χ2n) is 6.24. The Morgan fingerprint density at radius 1 is 1.17 bits per heavy atom. The van der Waals surface area contributed by atoms with Crippen molar-refractivity contribution in [1.82, 2.24) is 19.9 Å². The van der Waals surface area contributed by atoms with Gasteiger partial charge in [0.05, 0.1) is 17.7 Å². The lowest BCUT2D eigenvalue weighted by molar-refractivity contribution is 0.967. The Labute approximate surface area is 191 Å². The van der Waals surface area contributed by atoms with Crippen molar-refractivity contribution in [2.45, 2.75) is 26.0 Å². The summed E-state index contributed by atoms with van der Waals surface area (Å²) >= 11 is 7.69. The number of H-pyrrole nitrogens is 2. The van der Waals surface area contributed by atoms with Crippen LogP contribution in [0.25, 0.3) is 0 Å². The van der Waals surface area contributed by atoms with Crippen LogP contribution in [0.4, 0.5) is 5.95 Å². The molecule has 0 atom stereocenters. The topological polar surface area (TPSA) is 86.5 Å². The monoisotopic (exact) mass is 475 g/mol. The number of hydrogen-bond donors (Lipinski definition) is 3. The minimum atomic E-state index is -0.111. The Morgan fingerprint density at radius 2 is 1.90 bits per heavy atom. The van der Waals surface area contributed by atoms with Crippen LogP contribution in [0.1, 0.15) is 28.2 Å². The first kappa shape index (κ1) is 25.4. The number of anilines is 1. The molecule has 1 aromatic carbocycles. The van der Waals surface area contributed by atoms with Gasteiger partial charge >= 0.3 is 0 Å². The normalized spacial score (nSPS) is 10.2. The zero-order valence-electron chi connectivity index (χ0n) is 16.1. The fourth-order valence-corrected chi connectivity index (χ4v) is 3.65.